The average molecular weight is 481 g/mol. The summed E-state index contributed by atoms with van der Waals surface area (Å²) in [6, 6.07) is 18.7. The molecule has 5 nitrogen and oxygen atoms in total. The minimum atomic E-state index is -0.197. The van der Waals surface area contributed by atoms with E-state index in [2.05, 4.69) is 20.2 Å². The van der Waals surface area contributed by atoms with Crippen LogP contribution in [-0.2, 0) is 6.54 Å². The monoisotopic (exact) mass is 480 g/mol. The smallest absolute Gasteiger partial charge is 0.170 e. The van der Waals surface area contributed by atoms with Crippen molar-refractivity contribution < 1.29 is 4.42 Å². The van der Waals surface area contributed by atoms with E-state index in [1.165, 1.54) is 0 Å². The van der Waals surface area contributed by atoms with Crippen LogP contribution in [0.4, 0.5) is 0 Å². The van der Waals surface area contributed by atoms with Crippen LogP contribution in [-0.4, -0.2) is 20.0 Å². The molecule has 0 amide bonds. The molecule has 1 aromatic carbocycles. The highest BCUT2D eigenvalue weighted by Crippen LogP contribution is 2.42. The standard InChI is InChI=1S/C24H18Cl2N4OS/c25-16-6-7-17(18(26)12-16)20-8-9-21(31-20)23-22(19-5-1-2-11-28-19)29-24(32)30(23)14-15-4-3-10-27-13-15/h1-13,22-23H,14H2,(H,29,32). The maximum atomic E-state index is 6.41. The molecule has 5 rings (SSSR count). The van der Waals surface area contributed by atoms with Gasteiger partial charge in [-0.15, -0.1) is 0 Å². The minimum absolute atomic E-state index is 0.167. The third kappa shape index (κ3) is 4.09. The Bertz CT molecular complexity index is 1250. The first-order valence-electron chi connectivity index (χ1n) is 10.0. The van der Waals surface area contributed by atoms with Gasteiger partial charge in [0.2, 0.25) is 0 Å². The zero-order chi connectivity index (χ0) is 22.1. The van der Waals surface area contributed by atoms with Crippen molar-refractivity contribution >= 4 is 40.5 Å². The molecule has 4 heterocycles. The van der Waals surface area contributed by atoms with Gasteiger partial charge in [-0.1, -0.05) is 35.3 Å². The van der Waals surface area contributed by atoms with Crippen molar-refractivity contribution in [3.63, 3.8) is 0 Å². The molecule has 0 bridgehead atoms. The number of hydrogen-bond donors (Lipinski definition) is 1. The number of halogens is 2. The van der Waals surface area contributed by atoms with E-state index in [-0.39, 0.29) is 12.1 Å². The Kier molecular flexibility index (Phi) is 5.83. The van der Waals surface area contributed by atoms with Crippen LogP contribution in [0.3, 0.4) is 0 Å². The normalized spacial score (nSPS) is 18.1. The van der Waals surface area contributed by atoms with E-state index in [0.29, 0.717) is 27.5 Å². The molecule has 1 N–H and O–H groups in total. The number of nitrogens with one attached hydrogen (secondary N) is 1. The SMILES string of the molecule is S=C1NC(c2ccccn2)C(c2ccc(-c3ccc(Cl)cc3Cl)o2)N1Cc1cccnc1. The fourth-order valence-corrected chi connectivity index (χ4v) is 4.73. The molecule has 0 saturated carbocycles. The van der Waals surface area contributed by atoms with Gasteiger partial charge in [0.15, 0.2) is 5.11 Å². The number of nitrogens with zero attached hydrogens (tertiary/aromatic N) is 3. The second-order valence-electron chi connectivity index (χ2n) is 7.44. The lowest BCUT2D eigenvalue weighted by molar-refractivity contribution is 0.269. The second-order valence-corrected chi connectivity index (χ2v) is 8.67. The van der Waals surface area contributed by atoms with Crippen molar-refractivity contribution in [3.05, 3.63) is 106 Å². The molecule has 1 aliphatic rings. The van der Waals surface area contributed by atoms with E-state index >= 15 is 0 Å². The maximum absolute atomic E-state index is 6.41. The van der Waals surface area contributed by atoms with Gasteiger partial charge < -0.3 is 14.6 Å². The zero-order valence-electron chi connectivity index (χ0n) is 16.8. The highest BCUT2D eigenvalue weighted by atomic mass is 35.5. The first kappa shape index (κ1) is 20.9. The Hall–Kier alpha value is -2.93. The largest absolute Gasteiger partial charge is 0.459 e. The summed E-state index contributed by atoms with van der Waals surface area (Å²) >= 11 is 18.2. The summed E-state index contributed by atoms with van der Waals surface area (Å²) in [6.07, 6.45) is 5.38. The highest BCUT2D eigenvalue weighted by Gasteiger charge is 2.41. The number of hydrogen-bond acceptors (Lipinski definition) is 4. The Balaban J connectivity index is 1.55. The number of thiocarbonyl (C=S) groups is 1. The third-order valence-electron chi connectivity index (χ3n) is 5.39. The molecule has 1 saturated heterocycles. The molecule has 2 unspecified atom stereocenters. The zero-order valence-corrected chi connectivity index (χ0v) is 19.1. The van der Waals surface area contributed by atoms with Crippen LogP contribution in [0.25, 0.3) is 11.3 Å². The van der Waals surface area contributed by atoms with Gasteiger partial charge in [0, 0.05) is 35.7 Å². The van der Waals surface area contributed by atoms with Crippen molar-refractivity contribution in [1.82, 2.24) is 20.2 Å². The number of pyridine rings is 2. The molecule has 0 radical (unpaired) electrons. The molecule has 1 aliphatic heterocycles. The number of rotatable bonds is 5. The van der Waals surface area contributed by atoms with Gasteiger partial charge in [0.25, 0.3) is 0 Å². The Morgan fingerprint density at radius 2 is 1.94 bits per heavy atom. The molecule has 8 heteroatoms. The predicted molar refractivity (Wildman–Crippen MR) is 129 cm³/mol. The highest BCUT2D eigenvalue weighted by molar-refractivity contribution is 7.80. The molecule has 3 aromatic heterocycles. The molecule has 0 aliphatic carbocycles. The van der Waals surface area contributed by atoms with E-state index in [9.17, 15) is 0 Å². The van der Waals surface area contributed by atoms with Crippen molar-refractivity contribution in [2.75, 3.05) is 0 Å². The van der Waals surface area contributed by atoms with Crippen molar-refractivity contribution in [3.8, 4) is 11.3 Å². The summed E-state index contributed by atoms with van der Waals surface area (Å²) in [5, 5.41) is 5.18. The van der Waals surface area contributed by atoms with E-state index < -0.39 is 0 Å². The van der Waals surface area contributed by atoms with Crippen molar-refractivity contribution in [1.29, 1.82) is 0 Å². The molecule has 32 heavy (non-hydrogen) atoms. The summed E-state index contributed by atoms with van der Waals surface area (Å²) in [5.41, 5.74) is 2.72. The topological polar surface area (TPSA) is 54.2 Å². The molecule has 0 spiro atoms. The molecule has 1 fully saturated rings. The second kappa shape index (κ2) is 8.90. The van der Waals surface area contributed by atoms with Crippen LogP contribution in [0.15, 0.2) is 83.7 Å². The van der Waals surface area contributed by atoms with Crippen LogP contribution < -0.4 is 5.32 Å². The first-order valence-corrected chi connectivity index (χ1v) is 11.2. The van der Waals surface area contributed by atoms with Gasteiger partial charge in [-0.05, 0) is 66.3 Å². The lowest BCUT2D eigenvalue weighted by atomic mass is 10.0. The number of aromatic nitrogens is 2. The van der Waals surface area contributed by atoms with Gasteiger partial charge in [0.1, 0.15) is 17.6 Å². The summed E-state index contributed by atoms with van der Waals surface area (Å²) in [7, 11) is 0. The van der Waals surface area contributed by atoms with Crippen LogP contribution in [0, 0.1) is 0 Å². The maximum Gasteiger partial charge on any atom is 0.170 e. The van der Waals surface area contributed by atoms with E-state index in [4.69, 9.17) is 39.8 Å². The summed E-state index contributed by atoms with van der Waals surface area (Å²) in [4.78, 5) is 10.9. The van der Waals surface area contributed by atoms with Crippen LogP contribution in [0.2, 0.25) is 10.0 Å². The first-order chi connectivity index (χ1) is 15.6. The van der Waals surface area contributed by atoms with E-state index in [1.807, 2.05) is 54.7 Å². The fraction of sp³-hybridized carbons (Fsp3) is 0.125. The van der Waals surface area contributed by atoms with Crippen LogP contribution in [0.5, 0.6) is 0 Å². The summed E-state index contributed by atoms with van der Waals surface area (Å²) in [5.74, 6) is 1.43. The molecule has 2 atom stereocenters. The quantitative estimate of drug-likeness (QED) is 0.342. The van der Waals surface area contributed by atoms with E-state index in [1.54, 1.807) is 24.5 Å². The average Bonchev–Trinajstić information content (AvgIpc) is 3.40. The van der Waals surface area contributed by atoms with Gasteiger partial charge in [-0.2, -0.15) is 0 Å². The summed E-state index contributed by atoms with van der Waals surface area (Å²) < 4.78 is 6.33. The minimum Gasteiger partial charge on any atom is -0.459 e. The molecule has 4 aromatic rings. The van der Waals surface area contributed by atoms with Crippen LogP contribution in [0.1, 0.15) is 29.1 Å². The third-order valence-corrected chi connectivity index (χ3v) is 6.29. The van der Waals surface area contributed by atoms with Gasteiger partial charge in [-0.3, -0.25) is 9.97 Å². The number of furan rings is 1. The summed E-state index contributed by atoms with van der Waals surface area (Å²) in [6.45, 7) is 0.589. The van der Waals surface area contributed by atoms with Crippen molar-refractivity contribution in [2.45, 2.75) is 18.6 Å². The van der Waals surface area contributed by atoms with Crippen molar-refractivity contribution in [2.24, 2.45) is 0 Å². The predicted octanol–water partition coefficient (Wildman–Crippen LogP) is 6.22. The van der Waals surface area contributed by atoms with Gasteiger partial charge >= 0.3 is 0 Å². The lowest BCUT2D eigenvalue weighted by Crippen LogP contribution is -2.29. The molecule has 160 valence electrons. The van der Waals surface area contributed by atoms with Gasteiger partial charge in [-0.25, -0.2) is 0 Å². The Labute approximate surface area is 201 Å². The lowest BCUT2D eigenvalue weighted by Gasteiger charge is -2.26. The Morgan fingerprint density at radius 1 is 1.03 bits per heavy atom. The van der Waals surface area contributed by atoms with E-state index in [0.717, 1.165) is 22.6 Å². The number of benzene rings is 1. The Morgan fingerprint density at radius 3 is 2.69 bits per heavy atom. The van der Waals surface area contributed by atoms with Crippen LogP contribution >= 0.6 is 35.4 Å². The molecular weight excluding hydrogens is 463 g/mol. The van der Waals surface area contributed by atoms with Gasteiger partial charge in [0.05, 0.1) is 16.8 Å². The molecular formula is C24H18Cl2N4OS. The fourth-order valence-electron chi connectivity index (χ4n) is 3.92.